The number of nitrogens with zero attached hydrogens (tertiary/aromatic N) is 4. The monoisotopic (exact) mass is 667 g/mol. The molecule has 0 saturated heterocycles. The predicted molar refractivity (Wildman–Crippen MR) is 178 cm³/mol. The predicted octanol–water partition coefficient (Wildman–Crippen LogP) is 9.07. The highest BCUT2D eigenvalue weighted by Crippen LogP contribution is 2.40. The quantitative estimate of drug-likeness (QED) is 0.0912. The van der Waals surface area contributed by atoms with Crippen LogP contribution in [0.4, 0.5) is 34.1 Å². The number of azo groups is 2. The number of hydrogen-bond acceptors (Lipinski definition) is 10. The van der Waals surface area contributed by atoms with Crippen molar-refractivity contribution in [3.05, 3.63) is 115 Å². The second kappa shape index (κ2) is 12.3. The number of nitrogens with one attached hydrogen (secondary N) is 1. The van der Waals surface area contributed by atoms with Crippen LogP contribution < -0.4 is 5.32 Å². The van der Waals surface area contributed by atoms with Crippen LogP contribution in [0.5, 0.6) is 5.75 Å². The third kappa shape index (κ3) is 6.71. The molecule has 0 bridgehead atoms. The van der Waals surface area contributed by atoms with Crippen LogP contribution in [0, 0.1) is 6.92 Å². The van der Waals surface area contributed by atoms with Crippen molar-refractivity contribution in [2.45, 2.75) is 16.7 Å². The highest BCUT2D eigenvalue weighted by atomic mass is 32.2. The number of anilines is 2. The van der Waals surface area contributed by atoms with Gasteiger partial charge in [-0.05, 0) is 72.5 Å². The highest BCUT2D eigenvalue weighted by Gasteiger charge is 2.18. The molecule has 4 N–H and O–H groups in total. The molecule has 0 heterocycles. The summed E-state index contributed by atoms with van der Waals surface area (Å²) in [4.78, 5) is -0.651. The number of benzene rings is 6. The summed E-state index contributed by atoms with van der Waals surface area (Å²) in [7, 11) is -9.03. The number of phenolic OH excluding ortho intramolecular Hbond substituents is 1. The molecule has 0 unspecified atom stereocenters. The van der Waals surface area contributed by atoms with Gasteiger partial charge in [0.25, 0.3) is 20.2 Å². The van der Waals surface area contributed by atoms with Gasteiger partial charge in [-0.3, -0.25) is 9.11 Å². The van der Waals surface area contributed by atoms with Crippen LogP contribution in [0.15, 0.2) is 139 Å². The first-order valence-corrected chi connectivity index (χ1v) is 16.8. The van der Waals surface area contributed by atoms with Crippen molar-refractivity contribution < 1.29 is 31.0 Å². The number of rotatable bonds is 8. The number of aryl methyl sites for hydroxylation is 1. The lowest BCUT2D eigenvalue weighted by Crippen LogP contribution is -2.03. The van der Waals surface area contributed by atoms with Crippen LogP contribution in [0.1, 0.15) is 5.56 Å². The zero-order chi connectivity index (χ0) is 33.3. The molecule has 0 fully saturated rings. The van der Waals surface area contributed by atoms with Gasteiger partial charge in [0.1, 0.15) is 16.3 Å². The Morgan fingerprint density at radius 2 is 1.26 bits per heavy atom. The van der Waals surface area contributed by atoms with Crippen molar-refractivity contribution in [3.8, 4) is 5.75 Å². The molecule has 0 saturated carbocycles. The zero-order valence-electron chi connectivity index (χ0n) is 24.5. The normalized spacial score (nSPS) is 12.4. The molecule has 47 heavy (non-hydrogen) atoms. The van der Waals surface area contributed by atoms with Gasteiger partial charge in [0, 0.05) is 21.8 Å². The van der Waals surface area contributed by atoms with E-state index in [2.05, 4.69) is 25.8 Å². The van der Waals surface area contributed by atoms with E-state index in [1.807, 2.05) is 19.1 Å². The standard InChI is InChI=1S/C33H25N5O7S2/c1-20-6-2-5-9-27(20)34-30-14-11-22(19-32(30)47(43,44)45)35-36-28-15-16-29(26-8-4-3-7-25(26)28)37-38-33-24-13-12-23(46(40,41)42)18-21(24)10-17-31(33)39/h2-19,34,39H,1H3,(H,40,41,42)(H,43,44,45). The third-order valence-electron chi connectivity index (χ3n) is 7.31. The van der Waals surface area contributed by atoms with E-state index in [1.54, 1.807) is 54.6 Å². The Labute approximate surface area is 269 Å². The highest BCUT2D eigenvalue weighted by molar-refractivity contribution is 7.86. The number of para-hydroxylation sites is 1. The molecule has 14 heteroatoms. The van der Waals surface area contributed by atoms with Gasteiger partial charge < -0.3 is 10.4 Å². The summed E-state index contributed by atoms with van der Waals surface area (Å²) < 4.78 is 67.0. The van der Waals surface area contributed by atoms with Crippen LogP contribution in [0.3, 0.4) is 0 Å². The summed E-state index contributed by atoms with van der Waals surface area (Å²) in [6.45, 7) is 1.87. The summed E-state index contributed by atoms with van der Waals surface area (Å²) in [5, 5.41) is 32.9. The van der Waals surface area contributed by atoms with Gasteiger partial charge >= 0.3 is 0 Å². The Kier molecular flexibility index (Phi) is 8.25. The molecule has 236 valence electrons. The molecule has 0 amide bonds. The van der Waals surface area contributed by atoms with E-state index in [0.29, 0.717) is 38.6 Å². The summed E-state index contributed by atoms with van der Waals surface area (Å²) in [5.74, 6) is -0.181. The Bertz CT molecular complexity index is 2480. The molecule has 0 aliphatic rings. The maximum atomic E-state index is 12.3. The second-order valence-electron chi connectivity index (χ2n) is 10.4. The average Bonchev–Trinajstić information content (AvgIpc) is 3.04. The average molecular weight is 668 g/mol. The first kappa shape index (κ1) is 31.4. The van der Waals surface area contributed by atoms with Gasteiger partial charge in [-0.15, -0.1) is 15.3 Å². The smallest absolute Gasteiger partial charge is 0.296 e. The molecule has 6 aromatic carbocycles. The fraction of sp³-hybridized carbons (Fsp3) is 0.0303. The number of fused-ring (bicyclic) bond motifs is 2. The minimum atomic E-state index is -4.61. The Morgan fingerprint density at radius 1 is 0.596 bits per heavy atom. The summed E-state index contributed by atoms with van der Waals surface area (Å²) >= 11 is 0. The molecule has 0 aliphatic heterocycles. The van der Waals surface area contributed by atoms with E-state index in [-0.39, 0.29) is 32.6 Å². The van der Waals surface area contributed by atoms with E-state index >= 15 is 0 Å². The van der Waals surface area contributed by atoms with Crippen molar-refractivity contribution in [1.29, 1.82) is 0 Å². The van der Waals surface area contributed by atoms with Gasteiger partial charge in [0.15, 0.2) is 0 Å². The van der Waals surface area contributed by atoms with E-state index in [1.165, 1.54) is 42.5 Å². The molecule has 0 radical (unpaired) electrons. The SMILES string of the molecule is Cc1ccccc1Nc1ccc(N=Nc2ccc(N=Nc3c(O)ccc4cc(S(=O)(=O)O)ccc34)c3ccccc23)cc1S(=O)(=O)O. The Morgan fingerprint density at radius 3 is 1.91 bits per heavy atom. The molecular weight excluding hydrogens is 643 g/mol. The van der Waals surface area contributed by atoms with Gasteiger partial charge in [-0.25, -0.2) is 0 Å². The van der Waals surface area contributed by atoms with Crippen LogP contribution in [-0.2, 0) is 20.2 Å². The Hall–Kier alpha value is -5.54. The number of aromatic hydroxyl groups is 1. The van der Waals surface area contributed by atoms with E-state index in [4.69, 9.17) is 0 Å². The molecule has 6 aromatic rings. The fourth-order valence-electron chi connectivity index (χ4n) is 4.95. The van der Waals surface area contributed by atoms with E-state index in [0.717, 1.165) is 5.56 Å². The molecule has 0 spiro atoms. The first-order valence-electron chi connectivity index (χ1n) is 13.9. The van der Waals surface area contributed by atoms with E-state index < -0.39 is 20.2 Å². The van der Waals surface area contributed by atoms with Crippen molar-refractivity contribution in [2.24, 2.45) is 20.5 Å². The lowest BCUT2D eigenvalue weighted by atomic mass is 10.1. The van der Waals surface area contributed by atoms with Gasteiger partial charge in [-0.2, -0.15) is 21.9 Å². The summed E-state index contributed by atoms with van der Waals surface area (Å²) in [6.07, 6.45) is 0. The molecule has 0 aliphatic carbocycles. The molecule has 6 rings (SSSR count). The summed E-state index contributed by atoms with van der Waals surface area (Å²) in [5.41, 5.74) is 2.91. The largest absolute Gasteiger partial charge is 0.506 e. The molecule has 12 nitrogen and oxygen atoms in total. The van der Waals surface area contributed by atoms with Crippen molar-refractivity contribution in [1.82, 2.24) is 0 Å². The molecular formula is C33H25N5O7S2. The lowest BCUT2D eigenvalue weighted by Gasteiger charge is -2.12. The zero-order valence-corrected chi connectivity index (χ0v) is 26.1. The van der Waals surface area contributed by atoms with Crippen molar-refractivity contribution >= 4 is 75.9 Å². The lowest BCUT2D eigenvalue weighted by molar-refractivity contribution is 0.477. The number of hydrogen-bond donors (Lipinski definition) is 4. The van der Waals surface area contributed by atoms with Crippen LogP contribution in [0.2, 0.25) is 0 Å². The molecule has 0 aromatic heterocycles. The maximum Gasteiger partial charge on any atom is 0.296 e. The number of phenols is 1. The van der Waals surface area contributed by atoms with Crippen LogP contribution in [0.25, 0.3) is 21.5 Å². The van der Waals surface area contributed by atoms with Gasteiger partial charge in [-0.1, -0.05) is 54.6 Å². The minimum absolute atomic E-state index is 0.104. The van der Waals surface area contributed by atoms with Gasteiger partial charge in [0.2, 0.25) is 0 Å². The minimum Gasteiger partial charge on any atom is -0.506 e. The van der Waals surface area contributed by atoms with E-state index in [9.17, 15) is 31.0 Å². The van der Waals surface area contributed by atoms with Gasteiger partial charge in [0.05, 0.1) is 27.6 Å². The second-order valence-corrected chi connectivity index (χ2v) is 13.2. The molecule has 0 atom stereocenters. The maximum absolute atomic E-state index is 12.3. The fourth-order valence-corrected chi connectivity index (χ4v) is 6.13. The third-order valence-corrected chi connectivity index (χ3v) is 9.05. The Balaban J connectivity index is 1.34. The van der Waals surface area contributed by atoms with Crippen LogP contribution >= 0.6 is 0 Å². The summed E-state index contributed by atoms with van der Waals surface area (Å²) in [6, 6.07) is 28.9. The van der Waals surface area contributed by atoms with Crippen LogP contribution in [-0.4, -0.2) is 31.0 Å². The topological polar surface area (TPSA) is 190 Å². The van der Waals surface area contributed by atoms with Crippen molar-refractivity contribution in [3.63, 3.8) is 0 Å². The first-order chi connectivity index (χ1) is 22.4. The van der Waals surface area contributed by atoms with Crippen molar-refractivity contribution in [2.75, 3.05) is 5.32 Å².